The van der Waals surface area contributed by atoms with Crippen molar-refractivity contribution in [2.75, 3.05) is 24.6 Å². The summed E-state index contributed by atoms with van der Waals surface area (Å²) in [5, 5.41) is 13.9. The van der Waals surface area contributed by atoms with Gasteiger partial charge in [0.1, 0.15) is 12.3 Å². The molecule has 0 saturated carbocycles. The average Bonchev–Trinajstić information content (AvgIpc) is 2.56. The third-order valence-corrected chi connectivity index (χ3v) is 4.15. The number of benzene rings is 1. The Balaban J connectivity index is 0.00000364. The number of amides is 2. The Morgan fingerprint density at radius 2 is 2.15 bits per heavy atom. The van der Waals surface area contributed by atoms with Crippen molar-refractivity contribution >= 4 is 35.6 Å². The first-order valence-corrected chi connectivity index (χ1v) is 8.38. The summed E-state index contributed by atoms with van der Waals surface area (Å²) in [6.45, 7) is 5.69. The minimum absolute atomic E-state index is 0. The quantitative estimate of drug-likeness (QED) is 0.528. The van der Waals surface area contributed by atoms with Crippen molar-refractivity contribution < 1.29 is 19.2 Å². The van der Waals surface area contributed by atoms with Crippen molar-refractivity contribution in [3.63, 3.8) is 0 Å². The van der Waals surface area contributed by atoms with Crippen molar-refractivity contribution in [2.24, 2.45) is 11.7 Å². The molecule has 0 spiro atoms. The third kappa shape index (κ3) is 5.54. The van der Waals surface area contributed by atoms with E-state index in [1.165, 1.54) is 23.1 Å². The maximum Gasteiger partial charge on any atom is 0.271 e. The molecule has 1 atom stereocenters. The molecule has 0 aromatic heterocycles. The maximum absolute atomic E-state index is 12.5. The highest BCUT2D eigenvalue weighted by atomic mass is 35.5. The van der Waals surface area contributed by atoms with Crippen LogP contribution in [0, 0.1) is 16.0 Å². The van der Waals surface area contributed by atoms with Crippen LogP contribution in [0.1, 0.15) is 27.2 Å². The van der Waals surface area contributed by atoms with Gasteiger partial charge in [0.2, 0.25) is 5.91 Å². The summed E-state index contributed by atoms with van der Waals surface area (Å²) in [7, 11) is 0. The number of rotatable bonds is 7. The molecule has 0 radical (unpaired) electrons. The predicted molar refractivity (Wildman–Crippen MR) is 103 cm³/mol. The second-order valence-corrected chi connectivity index (χ2v) is 7.09. The van der Waals surface area contributed by atoms with Gasteiger partial charge in [0.15, 0.2) is 6.61 Å². The number of nitrogens with one attached hydrogen (secondary N) is 1. The minimum atomic E-state index is -0.591. The van der Waals surface area contributed by atoms with Gasteiger partial charge in [-0.1, -0.05) is 13.8 Å². The van der Waals surface area contributed by atoms with E-state index in [1.54, 1.807) is 0 Å². The normalized spacial score (nSPS) is 15.3. The number of hydrogen-bond donors (Lipinski definition) is 2. The van der Waals surface area contributed by atoms with E-state index in [2.05, 4.69) is 5.32 Å². The number of nitrogens with zero attached hydrogens (tertiary/aromatic N) is 2. The van der Waals surface area contributed by atoms with Crippen molar-refractivity contribution in [1.82, 2.24) is 5.32 Å². The van der Waals surface area contributed by atoms with E-state index in [4.69, 9.17) is 10.5 Å². The van der Waals surface area contributed by atoms with Crippen LogP contribution < -0.4 is 20.7 Å². The second kappa shape index (κ2) is 9.01. The highest BCUT2D eigenvalue weighted by molar-refractivity contribution is 6.02. The molecule has 0 saturated heterocycles. The van der Waals surface area contributed by atoms with E-state index < -0.39 is 16.4 Å². The smallest absolute Gasteiger partial charge is 0.271 e. The summed E-state index contributed by atoms with van der Waals surface area (Å²) in [6.07, 6.45) is 0.689. The molecule has 3 N–H and O–H groups in total. The summed E-state index contributed by atoms with van der Waals surface area (Å²) in [6, 6.07) is 3.95. The van der Waals surface area contributed by atoms with Crippen LogP contribution in [0.4, 0.5) is 11.4 Å². The van der Waals surface area contributed by atoms with Crippen LogP contribution in [0.15, 0.2) is 18.2 Å². The van der Waals surface area contributed by atoms with Gasteiger partial charge in [0.25, 0.3) is 11.6 Å². The van der Waals surface area contributed by atoms with E-state index in [0.29, 0.717) is 18.1 Å². The van der Waals surface area contributed by atoms with E-state index in [-0.39, 0.29) is 49.4 Å². The Kier molecular flexibility index (Phi) is 7.55. The number of non-ortho nitro benzene ring substituents is 1. The molecule has 1 heterocycles. The number of carbonyl (C=O) groups is 2. The minimum Gasteiger partial charge on any atom is -0.482 e. The van der Waals surface area contributed by atoms with Crippen LogP contribution in [-0.2, 0) is 9.59 Å². The first-order valence-electron chi connectivity index (χ1n) is 8.38. The van der Waals surface area contributed by atoms with Gasteiger partial charge in [0, 0.05) is 24.2 Å². The van der Waals surface area contributed by atoms with Gasteiger partial charge < -0.3 is 15.8 Å². The number of nitro benzene ring substituents is 1. The van der Waals surface area contributed by atoms with Gasteiger partial charge in [-0.2, -0.15) is 0 Å². The number of nitro groups is 1. The van der Waals surface area contributed by atoms with Gasteiger partial charge in [-0.3, -0.25) is 24.6 Å². The molecular weight excluding hydrogens is 376 g/mol. The molecule has 1 unspecified atom stereocenters. The van der Waals surface area contributed by atoms with E-state index >= 15 is 0 Å². The summed E-state index contributed by atoms with van der Waals surface area (Å²) in [5.74, 6) is -0.165. The zero-order valence-electron chi connectivity index (χ0n) is 15.6. The molecular formula is C17H25ClN4O5. The van der Waals surface area contributed by atoms with Crippen LogP contribution in [0.5, 0.6) is 5.75 Å². The number of carbonyl (C=O) groups excluding carboxylic acids is 2. The first-order chi connectivity index (χ1) is 12.1. The SMILES string of the molecule is CC(C)CC(C)(CN)NC(=O)CN1C(=O)COc2ccc([N+](=O)[O-])cc21.Cl. The summed E-state index contributed by atoms with van der Waals surface area (Å²) >= 11 is 0. The Morgan fingerprint density at radius 3 is 2.70 bits per heavy atom. The number of fused-ring (bicyclic) bond motifs is 1. The fourth-order valence-electron chi connectivity index (χ4n) is 3.08. The summed E-state index contributed by atoms with van der Waals surface area (Å²) in [5.41, 5.74) is 5.24. The zero-order chi connectivity index (χ0) is 19.5. The van der Waals surface area contributed by atoms with Gasteiger partial charge in [-0.05, 0) is 25.3 Å². The third-order valence-electron chi connectivity index (χ3n) is 4.15. The highest BCUT2D eigenvalue weighted by Crippen LogP contribution is 2.35. The van der Waals surface area contributed by atoms with E-state index in [9.17, 15) is 19.7 Å². The monoisotopic (exact) mass is 400 g/mol. The largest absolute Gasteiger partial charge is 0.482 e. The first kappa shape index (κ1) is 22.7. The van der Waals surface area contributed by atoms with E-state index in [0.717, 1.165) is 0 Å². The van der Waals surface area contributed by atoms with Gasteiger partial charge in [-0.15, -0.1) is 12.4 Å². The van der Waals surface area contributed by atoms with Crippen molar-refractivity contribution in [3.8, 4) is 5.75 Å². The lowest BCUT2D eigenvalue weighted by Gasteiger charge is -2.33. The Hall–Kier alpha value is -2.39. The Morgan fingerprint density at radius 1 is 1.48 bits per heavy atom. The van der Waals surface area contributed by atoms with Crippen molar-refractivity contribution in [1.29, 1.82) is 0 Å². The Bertz CT molecular complexity index is 727. The maximum atomic E-state index is 12.5. The average molecular weight is 401 g/mol. The number of nitrogens with two attached hydrogens (primary N) is 1. The molecule has 1 aliphatic heterocycles. The molecule has 1 aromatic carbocycles. The van der Waals surface area contributed by atoms with Crippen molar-refractivity contribution in [3.05, 3.63) is 28.3 Å². The van der Waals surface area contributed by atoms with Crippen LogP contribution in [0.3, 0.4) is 0 Å². The van der Waals surface area contributed by atoms with Gasteiger partial charge in [-0.25, -0.2) is 0 Å². The predicted octanol–water partition coefficient (Wildman–Crippen LogP) is 1.62. The summed E-state index contributed by atoms with van der Waals surface area (Å²) in [4.78, 5) is 36.4. The number of anilines is 1. The standard InChI is InChI=1S/C17H24N4O5.ClH/c1-11(2)7-17(3,10-18)19-15(22)8-20-13-6-12(21(24)25)4-5-14(13)26-9-16(20)23;/h4-6,11H,7-10,18H2,1-3H3,(H,19,22);1H. The molecule has 1 aromatic rings. The number of halogens is 1. The fraction of sp³-hybridized carbons (Fsp3) is 0.529. The molecule has 1 aliphatic rings. The van der Waals surface area contributed by atoms with Crippen LogP contribution in [0.2, 0.25) is 0 Å². The molecule has 2 rings (SSSR count). The molecule has 10 heteroatoms. The van der Waals surface area contributed by atoms with Gasteiger partial charge >= 0.3 is 0 Å². The lowest BCUT2D eigenvalue weighted by atomic mass is 9.90. The molecule has 150 valence electrons. The van der Waals surface area contributed by atoms with Gasteiger partial charge in [0.05, 0.1) is 10.6 Å². The molecule has 0 aliphatic carbocycles. The van der Waals surface area contributed by atoms with E-state index in [1.807, 2.05) is 20.8 Å². The summed E-state index contributed by atoms with van der Waals surface area (Å²) < 4.78 is 5.29. The zero-order valence-corrected chi connectivity index (χ0v) is 16.4. The molecule has 0 fully saturated rings. The lowest BCUT2D eigenvalue weighted by Crippen LogP contribution is -2.55. The van der Waals surface area contributed by atoms with Crippen LogP contribution in [-0.4, -0.2) is 42.0 Å². The molecule has 0 bridgehead atoms. The molecule has 9 nitrogen and oxygen atoms in total. The Labute approximate surface area is 163 Å². The molecule has 2 amide bonds. The highest BCUT2D eigenvalue weighted by Gasteiger charge is 2.31. The molecule has 27 heavy (non-hydrogen) atoms. The number of ether oxygens (including phenoxy) is 1. The van der Waals surface area contributed by atoms with Crippen molar-refractivity contribution in [2.45, 2.75) is 32.7 Å². The van der Waals surface area contributed by atoms with Crippen LogP contribution in [0.25, 0.3) is 0 Å². The fourth-order valence-corrected chi connectivity index (χ4v) is 3.08. The topological polar surface area (TPSA) is 128 Å². The van der Waals surface area contributed by atoms with Crippen LogP contribution >= 0.6 is 12.4 Å². The second-order valence-electron chi connectivity index (χ2n) is 7.09. The lowest BCUT2D eigenvalue weighted by molar-refractivity contribution is -0.384. The number of hydrogen-bond acceptors (Lipinski definition) is 6.